The van der Waals surface area contributed by atoms with Crippen molar-refractivity contribution >= 4 is 16.0 Å². The van der Waals surface area contributed by atoms with Crippen LogP contribution in [0, 0.1) is 5.92 Å². The molecule has 1 aliphatic heterocycles. The molecule has 164 valence electrons. The maximum absolute atomic E-state index is 11.7. The highest BCUT2D eigenvalue weighted by Crippen LogP contribution is 2.32. The van der Waals surface area contributed by atoms with Crippen molar-refractivity contribution in [2.75, 3.05) is 19.3 Å². The molecule has 1 saturated carbocycles. The van der Waals surface area contributed by atoms with Crippen molar-refractivity contribution in [3.05, 3.63) is 11.7 Å². The predicted octanol–water partition coefficient (Wildman–Crippen LogP) is 3.52. The van der Waals surface area contributed by atoms with Crippen LogP contribution in [-0.2, 0) is 14.8 Å². The van der Waals surface area contributed by atoms with Gasteiger partial charge >= 0.3 is 5.97 Å². The Morgan fingerprint density at radius 2 is 1.90 bits per heavy atom. The highest BCUT2D eigenvalue weighted by atomic mass is 32.2. The molecule has 1 aliphatic carbocycles. The van der Waals surface area contributed by atoms with Crippen molar-refractivity contribution in [2.24, 2.45) is 5.92 Å². The zero-order chi connectivity index (χ0) is 20.9. The number of hydrogen-bond acceptors (Lipinski definition) is 6. The highest BCUT2D eigenvalue weighted by Gasteiger charge is 2.30. The predicted molar refractivity (Wildman–Crippen MR) is 108 cm³/mol. The molecule has 1 saturated heterocycles. The van der Waals surface area contributed by atoms with E-state index in [1.54, 1.807) is 0 Å². The standard InChI is InChI=1S/C20H33N3O5S/c1-29(26,27)23-12-10-16(11-13-23)19-21-20(28-22-19)17(14-18(24)25)9-5-8-15-6-3-2-4-7-15/h15-17H,2-14H2,1H3,(H,24,25)/t17-/m1/s1. The van der Waals surface area contributed by atoms with Gasteiger partial charge in [-0.05, 0) is 25.2 Å². The molecule has 0 bridgehead atoms. The molecule has 9 heteroatoms. The van der Waals surface area contributed by atoms with E-state index >= 15 is 0 Å². The van der Waals surface area contributed by atoms with Gasteiger partial charge in [0.2, 0.25) is 15.9 Å². The fourth-order valence-electron chi connectivity index (χ4n) is 4.68. The summed E-state index contributed by atoms with van der Waals surface area (Å²) in [4.78, 5) is 15.9. The largest absolute Gasteiger partial charge is 0.481 e. The molecule has 0 spiro atoms. The summed E-state index contributed by atoms with van der Waals surface area (Å²) < 4.78 is 30.3. The number of piperidine rings is 1. The van der Waals surface area contributed by atoms with Crippen molar-refractivity contribution in [1.29, 1.82) is 0 Å². The summed E-state index contributed by atoms with van der Waals surface area (Å²) in [5, 5.41) is 13.4. The third kappa shape index (κ3) is 6.50. The van der Waals surface area contributed by atoms with Crippen molar-refractivity contribution in [3.8, 4) is 0 Å². The van der Waals surface area contributed by atoms with Crippen LogP contribution in [0.4, 0.5) is 0 Å². The lowest BCUT2D eigenvalue weighted by Gasteiger charge is -2.28. The molecule has 3 rings (SSSR count). The second-order valence-corrected chi connectivity index (χ2v) is 10.6. The van der Waals surface area contributed by atoms with Crippen LogP contribution in [0.1, 0.15) is 94.2 Å². The van der Waals surface area contributed by atoms with E-state index in [0.717, 1.165) is 25.2 Å². The van der Waals surface area contributed by atoms with E-state index in [2.05, 4.69) is 10.1 Å². The summed E-state index contributed by atoms with van der Waals surface area (Å²) in [7, 11) is -3.17. The Kier molecular flexibility index (Phi) is 7.67. The van der Waals surface area contributed by atoms with Crippen molar-refractivity contribution in [2.45, 2.75) is 82.5 Å². The van der Waals surface area contributed by atoms with E-state index in [1.807, 2.05) is 0 Å². The Morgan fingerprint density at radius 3 is 2.52 bits per heavy atom. The molecule has 1 atom stereocenters. The first kappa shape index (κ1) is 22.2. The van der Waals surface area contributed by atoms with Gasteiger partial charge in [-0.15, -0.1) is 0 Å². The minimum absolute atomic E-state index is 0.00117. The molecule has 0 aromatic carbocycles. The molecule has 29 heavy (non-hydrogen) atoms. The number of sulfonamides is 1. The van der Waals surface area contributed by atoms with Gasteiger partial charge in [0.1, 0.15) is 0 Å². The number of carbonyl (C=O) groups is 1. The Hall–Kier alpha value is -1.48. The molecular weight excluding hydrogens is 394 g/mol. The monoisotopic (exact) mass is 427 g/mol. The number of carboxylic acids is 1. The molecular formula is C20H33N3O5S. The summed E-state index contributed by atoms with van der Waals surface area (Å²) in [6, 6.07) is 0. The summed E-state index contributed by atoms with van der Waals surface area (Å²) >= 11 is 0. The van der Waals surface area contributed by atoms with Gasteiger partial charge in [0.15, 0.2) is 5.82 Å². The van der Waals surface area contributed by atoms with Gasteiger partial charge in [0.05, 0.1) is 12.7 Å². The number of nitrogens with zero attached hydrogens (tertiary/aromatic N) is 3. The fraction of sp³-hybridized carbons (Fsp3) is 0.850. The Balaban J connectivity index is 1.56. The third-order valence-electron chi connectivity index (χ3n) is 6.41. The lowest BCUT2D eigenvalue weighted by Crippen LogP contribution is -2.37. The van der Waals surface area contributed by atoms with E-state index in [1.165, 1.54) is 42.7 Å². The molecule has 0 amide bonds. The van der Waals surface area contributed by atoms with E-state index < -0.39 is 16.0 Å². The second-order valence-electron chi connectivity index (χ2n) is 8.66. The fourth-order valence-corrected chi connectivity index (χ4v) is 5.55. The van der Waals surface area contributed by atoms with Crippen LogP contribution in [0.2, 0.25) is 0 Å². The normalized spacial score (nSPS) is 21.3. The van der Waals surface area contributed by atoms with Gasteiger partial charge in [-0.1, -0.05) is 50.1 Å². The number of rotatable bonds is 9. The Morgan fingerprint density at radius 1 is 1.21 bits per heavy atom. The number of aliphatic carboxylic acids is 1. The van der Waals surface area contributed by atoms with Gasteiger partial charge in [-0.3, -0.25) is 4.79 Å². The van der Waals surface area contributed by atoms with Crippen LogP contribution in [0.5, 0.6) is 0 Å². The summed E-state index contributed by atoms with van der Waals surface area (Å²) in [6.45, 7) is 0.903. The highest BCUT2D eigenvalue weighted by molar-refractivity contribution is 7.88. The Labute approximate surface area is 173 Å². The van der Waals surface area contributed by atoms with Crippen molar-refractivity contribution < 1.29 is 22.8 Å². The van der Waals surface area contributed by atoms with Crippen molar-refractivity contribution in [3.63, 3.8) is 0 Å². The van der Waals surface area contributed by atoms with Crippen LogP contribution >= 0.6 is 0 Å². The lowest BCUT2D eigenvalue weighted by molar-refractivity contribution is -0.137. The molecule has 1 N–H and O–H groups in total. The molecule has 1 aromatic heterocycles. The minimum atomic E-state index is -3.17. The first-order valence-electron chi connectivity index (χ1n) is 10.8. The second kappa shape index (κ2) is 10.0. The third-order valence-corrected chi connectivity index (χ3v) is 7.71. The smallest absolute Gasteiger partial charge is 0.304 e. The quantitative estimate of drug-likeness (QED) is 0.641. The molecule has 1 aromatic rings. The van der Waals surface area contributed by atoms with E-state index in [9.17, 15) is 18.3 Å². The molecule has 2 aliphatic rings. The maximum Gasteiger partial charge on any atom is 0.304 e. The number of carboxylic acid groups (broad SMARTS) is 1. The summed E-state index contributed by atoms with van der Waals surface area (Å²) in [5.74, 6) is 0.709. The van der Waals surface area contributed by atoms with Crippen LogP contribution in [0.3, 0.4) is 0 Å². The SMILES string of the molecule is CS(=O)(=O)N1CCC(c2noc([C@H](CCCC3CCCCC3)CC(=O)O)n2)CC1. The van der Waals surface area contributed by atoms with Gasteiger partial charge in [0.25, 0.3) is 0 Å². The minimum Gasteiger partial charge on any atom is -0.481 e. The van der Waals surface area contributed by atoms with Gasteiger partial charge in [-0.2, -0.15) is 4.98 Å². The van der Waals surface area contributed by atoms with Crippen LogP contribution < -0.4 is 0 Å². The Bertz CT molecular complexity index is 765. The van der Waals surface area contributed by atoms with E-state index in [-0.39, 0.29) is 18.3 Å². The van der Waals surface area contributed by atoms with E-state index in [0.29, 0.717) is 37.6 Å². The first-order valence-corrected chi connectivity index (χ1v) is 12.7. The van der Waals surface area contributed by atoms with Gasteiger partial charge in [0, 0.05) is 24.9 Å². The molecule has 0 unspecified atom stereocenters. The van der Waals surface area contributed by atoms with Crippen LogP contribution in [0.15, 0.2) is 4.52 Å². The maximum atomic E-state index is 11.7. The van der Waals surface area contributed by atoms with Crippen LogP contribution in [0.25, 0.3) is 0 Å². The molecule has 0 radical (unpaired) electrons. The summed E-state index contributed by atoms with van der Waals surface area (Å²) in [5.41, 5.74) is 0. The lowest BCUT2D eigenvalue weighted by atomic mass is 9.84. The van der Waals surface area contributed by atoms with Gasteiger partial charge < -0.3 is 9.63 Å². The van der Waals surface area contributed by atoms with Crippen LogP contribution in [-0.4, -0.2) is 53.3 Å². The molecule has 2 heterocycles. The van der Waals surface area contributed by atoms with E-state index in [4.69, 9.17) is 4.52 Å². The van der Waals surface area contributed by atoms with Gasteiger partial charge in [-0.25, -0.2) is 12.7 Å². The summed E-state index contributed by atoms with van der Waals surface area (Å²) in [6.07, 6.45) is 11.9. The average Bonchev–Trinajstić information content (AvgIpc) is 3.17. The zero-order valence-corrected chi connectivity index (χ0v) is 18.1. The number of hydrogen-bond donors (Lipinski definition) is 1. The van der Waals surface area contributed by atoms with Crippen molar-refractivity contribution in [1.82, 2.24) is 14.4 Å². The topological polar surface area (TPSA) is 114 Å². The zero-order valence-electron chi connectivity index (χ0n) is 17.3. The average molecular weight is 428 g/mol. The first-order chi connectivity index (χ1) is 13.8. The number of aromatic nitrogens is 2. The molecule has 8 nitrogen and oxygen atoms in total. The molecule has 2 fully saturated rings.